The van der Waals surface area contributed by atoms with Gasteiger partial charge in [-0.15, -0.1) is 0 Å². The highest BCUT2D eigenvalue weighted by Crippen LogP contribution is 2.31. The van der Waals surface area contributed by atoms with Gasteiger partial charge in [-0.3, -0.25) is 0 Å². The van der Waals surface area contributed by atoms with Gasteiger partial charge >= 0.3 is 0 Å². The molecule has 0 radical (unpaired) electrons. The molecule has 2 aromatic rings. The van der Waals surface area contributed by atoms with Crippen LogP contribution in [0, 0.1) is 0 Å². The second-order valence-corrected chi connectivity index (χ2v) is 4.39. The summed E-state index contributed by atoms with van der Waals surface area (Å²) in [5, 5.41) is 3.92. The Kier molecular flexibility index (Phi) is 3.53. The van der Waals surface area contributed by atoms with Gasteiger partial charge in [-0.2, -0.15) is 0 Å². The van der Waals surface area contributed by atoms with Crippen LogP contribution in [0.5, 0.6) is 5.75 Å². The van der Waals surface area contributed by atoms with E-state index in [1.807, 2.05) is 32.3 Å². The highest BCUT2D eigenvalue weighted by Gasteiger charge is 2.11. The van der Waals surface area contributed by atoms with Gasteiger partial charge in [0.25, 0.3) is 0 Å². The fourth-order valence-electron chi connectivity index (χ4n) is 1.84. The molecule has 0 aliphatic carbocycles. The molecule has 5 heteroatoms. The van der Waals surface area contributed by atoms with Crippen molar-refractivity contribution in [3.05, 3.63) is 29.8 Å². The fraction of sp³-hybridized carbons (Fsp3) is 0.308. The molecule has 0 amide bonds. The number of aromatic nitrogens is 1. The number of methoxy groups -OCH3 is 1. The second-order valence-electron chi connectivity index (χ2n) is 4.39. The molecule has 1 aromatic carbocycles. The van der Waals surface area contributed by atoms with Crippen LogP contribution in [0.1, 0.15) is 5.56 Å². The largest absolute Gasteiger partial charge is 0.496 e. The zero-order chi connectivity index (χ0) is 13.1. The van der Waals surface area contributed by atoms with Gasteiger partial charge in [-0.05, 0) is 31.8 Å². The molecule has 2 rings (SSSR count). The lowest BCUT2D eigenvalue weighted by molar-refractivity contribution is 0.399. The van der Waals surface area contributed by atoms with E-state index in [1.54, 1.807) is 13.2 Å². The minimum atomic E-state index is 0.296. The van der Waals surface area contributed by atoms with Crippen LogP contribution < -0.4 is 10.5 Å². The average molecular weight is 247 g/mol. The third-order valence-electron chi connectivity index (χ3n) is 2.57. The summed E-state index contributed by atoms with van der Waals surface area (Å²) in [6.07, 6.45) is 0. The summed E-state index contributed by atoms with van der Waals surface area (Å²) in [5.41, 5.74) is 8.30. The number of benzene rings is 1. The van der Waals surface area contributed by atoms with Gasteiger partial charge in [-0.25, -0.2) is 0 Å². The van der Waals surface area contributed by atoms with E-state index in [9.17, 15) is 0 Å². The molecule has 0 unspecified atom stereocenters. The molecule has 5 nitrogen and oxygen atoms in total. The van der Waals surface area contributed by atoms with Crippen molar-refractivity contribution in [3.8, 4) is 17.0 Å². The van der Waals surface area contributed by atoms with Crippen LogP contribution in [-0.4, -0.2) is 31.3 Å². The Hall–Kier alpha value is -2.01. The first-order valence-electron chi connectivity index (χ1n) is 5.64. The van der Waals surface area contributed by atoms with Crippen molar-refractivity contribution < 1.29 is 9.26 Å². The van der Waals surface area contributed by atoms with Gasteiger partial charge in [0.2, 0.25) is 5.88 Å². The zero-order valence-corrected chi connectivity index (χ0v) is 10.8. The third kappa shape index (κ3) is 2.62. The lowest BCUT2D eigenvalue weighted by atomic mass is 10.1. The maximum Gasteiger partial charge on any atom is 0.222 e. The average Bonchev–Trinajstić information content (AvgIpc) is 2.75. The number of anilines is 1. The van der Waals surface area contributed by atoms with Crippen LogP contribution in [0.15, 0.2) is 28.8 Å². The number of nitrogens with two attached hydrogens (primary N) is 1. The Morgan fingerprint density at radius 2 is 2.11 bits per heavy atom. The van der Waals surface area contributed by atoms with E-state index >= 15 is 0 Å². The number of hydrogen-bond donors (Lipinski definition) is 1. The minimum Gasteiger partial charge on any atom is -0.496 e. The summed E-state index contributed by atoms with van der Waals surface area (Å²) in [6, 6.07) is 7.69. The molecule has 18 heavy (non-hydrogen) atoms. The summed E-state index contributed by atoms with van der Waals surface area (Å²) in [4.78, 5) is 2.10. The normalized spacial score (nSPS) is 10.9. The fourth-order valence-corrected chi connectivity index (χ4v) is 1.84. The first-order valence-corrected chi connectivity index (χ1v) is 5.64. The Balaban J connectivity index is 2.42. The van der Waals surface area contributed by atoms with Gasteiger partial charge < -0.3 is 19.9 Å². The summed E-state index contributed by atoms with van der Waals surface area (Å²) < 4.78 is 10.2. The number of ether oxygens (including phenoxy) is 1. The van der Waals surface area contributed by atoms with E-state index in [4.69, 9.17) is 15.0 Å². The lowest BCUT2D eigenvalue weighted by Gasteiger charge is -2.12. The van der Waals surface area contributed by atoms with Crippen LogP contribution in [-0.2, 0) is 6.54 Å². The minimum absolute atomic E-state index is 0.296. The van der Waals surface area contributed by atoms with Crippen molar-refractivity contribution in [3.63, 3.8) is 0 Å². The molecule has 0 saturated carbocycles. The van der Waals surface area contributed by atoms with E-state index < -0.39 is 0 Å². The third-order valence-corrected chi connectivity index (χ3v) is 2.57. The van der Waals surface area contributed by atoms with Gasteiger partial charge in [0.05, 0.1) is 7.11 Å². The van der Waals surface area contributed by atoms with Gasteiger partial charge in [-0.1, -0.05) is 11.2 Å². The summed E-state index contributed by atoms with van der Waals surface area (Å²) in [5.74, 6) is 1.05. The van der Waals surface area contributed by atoms with Crippen molar-refractivity contribution in [2.45, 2.75) is 6.54 Å². The summed E-state index contributed by atoms with van der Waals surface area (Å²) in [7, 11) is 5.68. The maximum atomic E-state index is 5.55. The standard InChI is InChI=1S/C13H17N3O2/c1-16(2)8-9-4-5-12(17-3)10(6-9)11-7-13(14)18-15-11/h4-7H,8,14H2,1-3H3. The highest BCUT2D eigenvalue weighted by molar-refractivity contribution is 5.69. The SMILES string of the molecule is COc1ccc(CN(C)C)cc1-c1cc(N)on1. The molecule has 0 atom stereocenters. The van der Waals surface area contributed by atoms with E-state index in [-0.39, 0.29) is 0 Å². The van der Waals surface area contributed by atoms with Gasteiger partial charge in [0, 0.05) is 18.2 Å². The number of nitrogens with zero attached hydrogens (tertiary/aromatic N) is 2. The molecule has 2 N–H and O–H groups in total. The van der Waals surface area contributed by atoms with Crippen LogP contribution in [0.4, 0.5) is 5.88 Å². The summed E-state index contributed by atoms with van der Waals surface area (Å²) >= 11 is 0. The van der Waals surface area contributed by atoms with Crippen LogP contribution in [0.3, 0.4) is 0 Å². The smallest absolute Gasteiger partial charge is 0.222 e. The number of nitrogen functional groups attached to an aromatic ring is 1. The predicted octanol–water partition coefficient (Wildman–Crippen LogP) is 1.99. The Labute approximate surface area is 106 Å². The molecule has 0 aliphatic rings. The van der Waals surface area contributed by atoms with Gasteiger partial charge in [0.15, 0.2) is 0 Å². The van der Waals surface area contributed by atoms with Crippen LogP contribution >= 0.6 is 0 Å². The highest BCUT2D eigenvalue weighted by atomic mass is 16.5. The Bertz CT molecular complexity index is 535. The molecular formula is C13H17N3O2. The second kappa shape index (κ2) is 5.10. The Morgan fingerprint density at radius 1 is 1.33 bits per heavy atom. The van der Waals surface area contributed by atoms with Crippen LogP contribution in [0.25, 0.3) is 11.3 Å². The Morgan fingerprint density at radius 3 is 2.67 bits per heavy atom. The molecule has 1 aromatic heterocycles. The molecule has 1 heterocycles. The van der Waals surface area contributed by atoms with E-state index in [0.717, 1.165) is 17.9 Å². The van der Waals surface area contributed by atoms with Gasteiger partial charge in [0.1, 0.15) is 11.4 Å². The van der Waals surface area contributed by atoms with Crippen LogP contribution in [0.2, 0.25) is 0 Å². The molecular weight excluding hydrogens is 230 g/mol. The zero-order valence-electron chi connectivity index (χ0n) is 10.8. The van der Waals surface area contributed by atoms with Crippen molar-refractivity contribution >= 4 is 5.88 Å². The number of hydrogen-bond acceptors (Lipinski definition) is 5. The molecule has 0 saturated heterocycles. The van der Waals surface area contributed by atoms with Crippen molar-refractivity contribution in [1.82, 2.24) is 10.1 Å². The quantitative estimate of drug-likeness (QED) is 0.895. The molecule has 0 fully saturated rings. The number of rotatable bonds is 4. The van der Waals surface area contributed by atoms with Crippen molar-refractivity contribution in [1.29, 1.82) is 0 Å². The first-order chi connectivity index (χ1) is 8.60. The molecule has 0 bridgehead atoms. The predicted molar refractivity (Wildman–Crippen MR) is 70.3 cm³/mol. The van der Waals surface area contributed by atoms with E-state index in [1.165, 1.54) is 5.56 Å². The summed E-state index contributed by atoms with van der Waals surface area (Å²) in [6.45, 7) is 0.852. The van der Waals surface area contributed by atoms with E-state index in [0.29, 0.717) is 11.6 Å². The van der Waals surface area contributed by atoms with E-state index in [2.05, 4.69) is 10.1 Å². The molecule has 0 aliphatic heterocycles. The van der Waals surface area contributed by atoms with Crippen molar-refractivity contribution in [2.75, 3.05) is 26.9 Å². The maximum absolute atomic E-state index is 5.55. The first kappa shape index (κ1) is 12.4. The lowest BCUT2D eigenvalue weighted by Crippen LogP contribution is -2.10. The molecule has 96 valence electrons. The molecule has 0 spiro atoms. The van der Waals surface area contributed by atoms with Crippen molar-refractivity contribution in [2.24, 2.45) is 0 Å². The monoisotopic (exact) mass is 247 g/mol. The topological polar surface area (TPSA) is 64.5 Å².